The van der Waals surface area contributed by atoms with E-state index >= 15 is 0 Å². The van der Waals surface area contributed by atoms with Gasteiger partial charge in [-0.2, -0.15) is 0 Å². The first-order chi connectivity index (χ1) is 13.4. The highest BCUT2D eigenvalue weighted by Gasteiger charge is 2.20. The van der Waals surface area contributed by atoms with E-state index in [2.05, 4.69) is 45.0 Å². The molecule has 0 atom stereocenters. The molecule has 0 aliphatic carbocycles. The number of fused-ring (bicyclic) bond motifs is 1. The first-order valence-corrected chi connectivity index (χ1v) is 11.2. The molecule has 1 amide bonds. The van der Waals surface area contributed by atoms with E-state index in [0.717, 1.165) is 28.5 Å². The molecule has 1 heterocycles. The normalized spacial score (nSPS) is 10.9. The van der Waals surface area contributed by atoms with Crippen LogP contribution in [0.2, 0.25) is 0 Å². The van der Waals surface area contributed by atoms with E-state index in [0.29, 0.717) is 12.3 Å². The molecule has 4 nitrogen and oxygen atoms in total. The zero-order valence-electron chi connectivity index (χ0n) is 17.3. The quantitative estimate of drug-likeness (QED) is 0.430. The van der Waals surface area contributed by atoms with E-state index in [1.165, 1.54) is 15.8 Å². The first kappa shape index (κ1) is 23.7. The molecule has 1 aromatic heterocycles. The molecule has 3 aromatic rings. The van der Waals surface area contributed by atoms with E-state index in [4.69, 9.17) is 4.98 Å². The van der Waals surface area contributed by atoms with Crippen LogP contribution in [-0.4, -0.2) is 48.7 Å². The molecule has 0 fully saturated rings. The zero-order valence-corrected chi connectivity index (χ0v) is 19.8. The van der Waals surface area contributed by atoms with Crippen LogP contribution < -0.4 is 4.90 Å². The van der Waals surface area contributed by atoms with Gasteiger partial charge in [-0.1, -0.05) is 35.6 Å². The molecular formula is C22H28ClN3OS2. The van der Waals surface area contributed by atoms with Gasteiger partial charge in [0.1, 0.15) is 0 Å². The Kier molecular flexibility index (Phi) is 8.96. The Balaban J connectivity index is 0.00000300. The van der Waals surface area contributed by atoms with Gasteiger partial charge in [-0.15, -0.1) is 24.2 Å². The minimum atomic E-state index is 0. The molecule has 0 spiro atoms. The molecule has 2 aromatic carbocycles. The largest absolute Gasteiger partial charge is 0.309 e. The summed E-state index contributed by atoms with van der Waals surface area (Å²) in [5.74, 6) is 0.529. The van der Waals surface area contributed by atoms with Crippen molar-refractivity contribution in [2.45, 2.75) is 25.2 Å². The number of aryl methyl sites for hydroxylation is 2. The molecule has 0 N–H and O–H groups in total. The Morgan fingerprint density at radius 3 is 2.52 bits per heavy atom. The number of anilines is 1. The summed E-state index contributed by atoms with van der Waals surface area (Å²) in [5, 5.41) is 0.807. The second-order valence-electron chi connectivity index (χ2n) is 7.23. The summed E-state index contributed by atoms with van der Waals surface area (Å²) in [7, 11) is 4.11. The SMILES string of the molecule is Cc1cc(C)c2sc(N(CCCN(C)C)C(=O)CSc3ccccc3)nc2c1.Cl. The molecule has 0 bridgehead atoms. The Labute approximate surface area is 187 Å². The van der Waals surface area contributed by atoms with Gasteiger partial charge >= 0.3 is 0 Å². The van der Waals surface area contributed by atoms with Gasteiger partial charge in [0, 0.05) is 11.4 Å². The summed E-state index contributed by atoms with van der Waals surface area (Å²) in [5.41, 5.74) is 3.41. The van der Waals surface area contributed by atoms with Gasteiger partial charge < -0.3 is 4.90 Å². The van der Waals surface area contributed by atoms with E-state index in [9.17, 15) is 4.79 Å². The van der Waals surface area contributed by atoms with Crippen LogP contribution in [0.1, 0.15) is 17.5 Å². The van der Waals surface area contributed by atoms with Gasteiger partial charge in [-0.25, -0.2) is 4.98 Å². The number of carbonyl (C=O) groups excluding carboxylic acids is 1. The maximum atomic E-state index is 13.1. The highest BCUT2D eigenvalue weighted by Crippen LogP contribution is 2.32. The number of halogens is 1. The van der Waals surface area contributed by atoms with E-state index in [1.54, 1.807) is 23.1 Å². The summed E-state index contributed by atoms with van der Waals surface area (Å²) in [6.45, 7) is 5.82. The molecule has 3 rings (SSSR count). The summed E-state index contributed by atoms with van der Waals surface area (Å²) in [6, 6.07) is 14.3. The molecule has 0 saturated heterocycles. The lowest BCUT2D eigenvalue weighted by molar-refractivity contribution is -0.116. The Hall–Kier alpha value is -1.60. The van der Waals surface area contributed by atoms with Crippen LogP contribution in [0.4, 0.5) is 5.13 Å². The van der Waals surface area contributed by atoms with Gasteiger partial charge in [-0.3, -0.25) is 9.69 Å². The number of nitrogens with zero attached hydrogens (tertiary/aromatic N) is 3. The number of amides is 1. The summed E-state index contributed by atoms with van der Waals surface area (Å²) in [6.07, 6.45) is 0.919. The Morgan fingerprint density at radius 1 is 1.10 bits per heavy atom. The molecule has 0 unspecified atom stereocenters. The summed E-state index contributed by atoms with van der Waals surface area (Å²) < 4.78 is 1.17. The molecular weight excluding hydrogens is 422 g/mol. The molecule has 156 valence electrons. The number of hydrogen-bond donors (Lipinski definition) is 0. The van der Waals surface area contributed by atoms with Crippen molar-refractivity contribution in [1.29, 1.82) is 0 Å². The van der Waals surface area contributed by atoms with Gasteiger partial charge in [0.15, 0.2) is 5.13 Å². The second kappa shape index (κ2) is 11.0. The van der Waals surface area contributed by atoms with Gasteiger partial charge in [-0.05, 0) is 70.2 Å². The lowest BCUT2D eigenvalue weighted by Crippen LogP contribution is -2.34. The van der Waals surface area contributed by atoms with Crippen LogP contribution in [0, 0.1) is 13.8 Å². The number of thiazole rings is 1. The maximum absolute atomic E-state index is 13.1. The standard InChI is InChI=1S/C22H27N3OS2.ClH/c1-16-13-17(2)21-19(14-16)23-22(28-21)25(12-8-11-24(3)4)20(26)15-27-18-9-6-5-7-10-18;/h5-7,9-10,13-14H,8,11-12,15H2,1-4H3;1H. The van der Waals surface area contributed by atoms with Gasteiger partial charge in [0.05, 0.1) is 16.0 Å². The zero-order chi connectivity index (χ0) is 20.1. The van der Waals surface area contributed by atoms with Crippen LogP contribution in [-0.2, 0) is 4.79 Å². The van der Waals surface area contributed by atoms with E-state index in [1.807, 2.05) is 35.2 Å². The van der Waals surface area contributed by atoms with Crippen LogP contribution in [0.5, 0.6) is 0 Å². The molecule has 0 aliphatic rings. The lowest BCUT2D eigenvalue weighted by atomic mass is 10.1. The number of carbonyl (C=O) groups is 1. The molecule has 7 heteroatoms. The predicted molar refractivity (Wildman–Crippen MR) is 129 cm³/mol. The number of benzene rings is 2. The third-order valence-electron chi connectivity index (χ3n) is 4.43. The molecule has 29 heavy (non-hydrogen) atoms. The minimum absolute atomic E-state index is 0. The molecule has 0 radical (unpaired) electrons. The van der Waals surface area contributed by atoms with E-state index in [-0.39, 0.29) is 18.3 Å². The highest BCUT2D eigenvalue weighted by molar-refractivity contribution is 8.00. The van der Waals surface area contributed by atoms with Crippen molar-refractivity contribution in [2.24, 2.45) is 0 Å². The van der Waals surface area contributed by atoms with Crippen molar-refractivity contribution >= 4 is 56.8 Å². The lowest BCUT2D eigenvalue weighted by Gasteiger charge is -2.21. The second-order valence-corrected chi connectivity index (χ2v) is 9.26. The fourth-order valence-corrected chi connectivity index (χ4v) is 4.95. The minimum Gasteiger partial charge on any atom is -0.309 e. The Morgan fingerprint density at radius 2 is 1.83 bits per heavy atom. The van der Waals surface area contributed by atoms with Crippen molar-refractivity contribution in [3.63, 3.8) is 0 Å². The fourth-order valence-electron chi connectivity index (χ4n) is 3.09. The topological polar surface area (TPSA) is 36.4 Å². The van der Waals surface area contributed by atoms with Crippen molar-refractivity contribution < 1.29 is 4.79 Å². The smallest absolute Gasteiger partial charge is 0.239 e. The average Bonchev–Trinajstić information content (AvgIpc) is 3.08. The van der Waals surface area contributed by atoms with Crippen LogP contribution in [0.25, 0.3) is 10.2 Å². The highest BCUT2D eigenvalue weighted by atomic mass is 35.5. The summed E-state index contributed by atoms with van der Waals surface area (Å²) >= 11 is 3.20. The molecule has 0 aliphatic heterocycles. The van der Waals surface area contributed by atoms with Crippen molar-refractivity contribution in [3.05, 3.63) is 53.6 Å². The van der Waals surface area contributed by atoms with Gasteiger partial charge in [0.25, 0.3) is 0 Å². The fraction of sp³-hybridized carbons (Fsp3) is 0.364. The maximum Gasteiger partial charge on any atom is 0.239 e. The molecule has 0 saturated carbocycles. The number of thioether (sulfide) groups is 1. The van der Waals surface area contributed by atoms with Crippen LogP contribution >= 0.6 is 35.5 Å². The predicted octanol–water partition coefficient (Wildman–Crippen LogP) is 5.41. The van der Waals surface area contributed by atoms with Crippen LogP contribution in [0.3, 0.4) is 0 Å². The van der Waals surface area contributed by atoms with Crippen molar-refractivity contribution in [1.82, 2.24) is 9.88 Å². The number of rotatable bonds is 8. The monoisotopic (exact) mass is 449 g/mol. The number of aromatic nitrogens is 1. The summed E-state index contributed by atoms with van der Waals surface area (Å²) in [4.78, 5) is 23.0. The third-order valence-corrected chi connectivity index (χ3v) is 6.66. The van der Waals surface area contributed by atoms with Crippen molar-refractivity contribution in [2.75, 3.05) is 37.8 Å². The first-order valence-electron chi connectivity index (χ1n) is 9.45. The van der Waals surface area contributed by atoms with E-state index < -0.39 is 0 Å². The van der Waals surface area contributed by atoms with Crippen molar-refractivity contribution in [3.8, 4) is 0 Å². The Bertz CT molecular complexity index is 944. The average molecular weight is 450 g/mol. The number of hydrogen-bond acceptors (Lipinski definition) is 5. The van der Waals surface area contributed by atoms with Gasteiger partial charge in [0.2, 0.25) is 5.91 Å². The van der Waals surface area contributed by atoms with Crippen LogP contribution in [0.15, 0.2) is 47.4 Å². The third kappa shape index (κ3) is 6.44.